The van der Waals surface area contributed by atoms with Gasteiger partial charge in [0.1, 0.15) is 5.75 Å². The fraction of sp³-hybridized carbons (Fsp3) is 0.176. The number of ether oxygens (including phenoxy) is 1. The number of rotatable bonds is 4. The summed E-state index contributed by atoms with van der Waals surface area (Å²) in [4.78, 5) is 4.67. The molecule has 4 nitrogen and oxygen atoms in total. The van der Waals surface area contributed by atoms with E-state index in [0.29, 0.717) is 17.0 Å². The normalized spacial score (nSPS) is 11.6. The lowest BCUT2D eigenvalue weighted by molar-refractivity contribution is -0.144. The lowest BCUT2D eigenvalue weighted by Gasteiger charge is -2.08. The lowest BCUT2D eigenvalue weighted by atomic mass is 10.2. The van der Waals surface area contributed by atoms with E-state index in [4.69, 9.17) is 16.3 Å². The molecule has 136 valence electrons. The van der Waals surface area contributed by atoms with Crippen LogP contribution in [-0.2, 0) is 6.18 Å². The SMILES string of the molecule is COc1ccc(-c2nc(C(F)(F)F)nn2-c2ccc(SC)cc2)cc1Cl. The molecule has 0 aliphatic rings. The van der Waals surface area contributed by atoms with Crippen LogP contribution in [0.25, 0.3) is 17.1 Å². The third kappa shape index (κ3) is 3.66. The standard InChI is InChI=1S/C17H13ClF3N3OS/c1-25-14-8-3-10(9-13(14)18)15-22-16(17(19,20)21)23-24(15)11-4-6-12(26-2)7-5-11/h3-9H,1-2H3. The van der Waals surface area contributed by atoms with Crippen molar-refractivity contribution in [2.75, 3.05) is 13.4 Å². The Hall–Kier alpha value is -2.19. The highest BCUT2D eigenvalue weighted by Crippen LogP contribution is 2.33. The van der Waals surface area contributed by atoms with Crippen molar-refractivity contribution < 1.29 is 17.9 Å². The Morgan fingerprint density at radius 3 is 2.35 bits per heavy atom. The summed E-state index contributed by atoms with van der Waals surface area (Å²) in [6.07, 6.45) is -2.74. The first kappa shape index (κ1) is 18.6. The molecule has 0 spiro atoms. The molecular weight excluding hydrogens is 387 g/mol. The van der Waals surface area contributed by atoms with Crippen molar-refractivity contribution in [3.63, 3.8) is 0 Å². The minimum absolute atomic E-state index is 0.0405. The fourth-order valence-electron chi connectivity index (χ4n) is 2.33. The van der Waals surface area contributed by atoms with E-state index in [2.05, 4.69) is 10.1 Å². The molecule has 3 aromatic rings. The van der Waals surface area contributed by atoms with Gasteiger partial charge < -0.3 is 4.74 Å². The molecular formula is C17H13ClF3N3OS. The van der Waals surface area contributed by atoms with E-state index in [1.807, 2.05) is 6.26 Å². The zero-order valence-corrected chi connectivity index (χ0v) is 15.3. The van der Waals surface area contributed by atoms with Crippen LogP contribution in [0.5, 0.6) is 5.75 Å². The van der Waals surface area contributed by atoms with Gasteiger partial charge in [-0.3, -0.25) is 0 Å². The van der Waals surface area contributed by atoms with Crippen molar-refractivity contribution in [3.05, 3.63) is 53.3 Å². The van der Waals surface area contributed by atoms with Gasteiger partial charge in [-0.2, -0.15) is 13.2 Å². The number of benzene rings is 2. The molecule has 0 saturated heterocycles. The van der Waals surface area contributed by atoms with Gasteiger partial charge >= 0.3 is 6.18 Å². The highest BCUT2D eigenvalue weighted by molar-refractivity contribution is 7.98. The zero-order chi connectivity index (χ0) is 18.9. The van der Waals surface area contributed by atoms with Gasteiger partial charge in [-0.05, 0) is 48.7 Å². The number of alkyl halides is 3. The molecule has 1 aromatic heterocycles. The van der Waals surface area contributed by atoms with Gasteiger partial charge in [0.2, 0.25) is 0 Å². The van der Waals surface area contributed by atoms with Gasteiger partial charge in [0.05, 0.1) is 17.8 Å². The average Bonchev–Trinajstić information content (AvgIpc) is 3.07. The van der Waals surface area contributed by atoms with E-state index in [0.717, 1.165) is 9.58 Å². The van der Waals surface area contributed by atoms with Crippen molar-refractivity contribution >= 4 is 23.4 Å². The highest BCUT2D eigenvalue weighted by Gasteiger charge is 2.37. The van der Waals surface area contributed by atoms with Gasteiger partial charge in [-0.1, -0.05) is 11.6 Å². The minimum Gasteiger partial charge on any atom is -0.495 e. The molecule has 0 unspecified atom stereocenters. The third-order valence-corrected chi connectivity index (χ3v) is 4.63. The molecule has 0 aliphatic carbocycles. The quantitative estimate of drug-likeness (QED) is 0.555. The maximum absolute atomic E-state index is 13.1. The molecule has 0 amide bonds. The van der Waals surface area contributed by atoms with Crippen molar-refractivity contribution in [1.29, 1.82) is 0 Å². The Kier molecular flexibility index (Phi) is 5.15. The Labute approximate surface area is 157 Å². The number of thioether (sulfide) groups is 1. The molecule has 2 aromatic carbocycles. The first-order chi connectivity index (χ1) is 12.3. The predicted molar refractivity (Wildman–Crippen MR) is 95.1 cm³/mol. The van der Waals surface area contributed by atoms with E-state index in [1.165, 1.54) is 24.9 Å². The van der Waals surface area contributed by atoms with Crippen molar-refractivity contribution in [1.82, 2.24) is 14.8 Å². The summed E-state index contributed by atoms with van der Waals surface area (Å²) in [5, 5.41) is 3.92. The molecule has 1 heterocycles. The molecule has 0 atom stereocenters. The number of nitrogens with zero attached hydrogens (tertiary/aromatic N) is 3. The second-order valence-electron chi connectivity index (χ2n) is 5.22. The fourth-order valence-corrected chi connectivity index (χ4v) is 2.99. The van der Waals surface area contributed by atoms with E-state index in [9.17, 15) is 13.2 Å². The monoisotopic (exact) mass is 399 g/mol. The summed E-state index contributed by atoms with van der Waals surface area (Å²) in [6, 6.07) is 11.6. The maximum Gasteiger partial charge on any atom is 0.453 e. The lowest BCUT2D eigenvalue weighted by Crippen LogP contribution is -2.08. The molecule has 0 saturated carbocycles. The van der Waals surface area contributed by atoms with Gasteiger partial charge in [0.15, 0.2) is 5.82 Å². The first-order valence-electron chi connectivity index (χ1n) is 7.36. The Bertz CT molecular complexity index is 926. The van der Waals surface area contributed by atoms with Gasteiger partial charge in [-0.15, -0.1) is 16.9 Å². The summed E-state index contributed by atoms with van der Waals surface area (Å²) in [5.74, 6) is -0.756. The van der Waals surface area contributed by atoms with Crippen LogP contribution in [-0.4, -0.2) is 28.1 Å². The number of halogens is 4. The van der Waals surface area contributed by atoms with Crippen LogP contribution in [0, 0.1) is 0 Å². The number of methoxy groups -OCH3 is 1. The van der Waals surface area contributed by atoms with Crippen molar-refractivity contribution in [3.8, 4) is 22.8 Å². The molecule has 0 bridgehead atoms. The molecule has 26 heavy (non-hydrogen) atoms. The highest BCUT2D eigenvalue weighted by atomic mass is 35.5. The van der Waals surface area contributed by atoms with Crippen LogP contribution in [0.3, 0.4) is 0 Å². The summed E-state index contributed by atoms with van der Waals surface area (Å²) < 4.78 is 45.7. The third-order valence-electron chi connectivity index (χ3n) is 3.59. The summed E-state index contributed by atoms with van der Waals surface area (Å²) >= 11 is 7.64. The number of hydrogen-bond acceptors (Lipinski definition) is 4. The average molecular weight is 400 g/mol. The largest absolute Gasteiger partial charge is 0.495 e. The van der Waals surface area contributed by atoms with Crippen LogP contribution < -0.4 is 4.74 Å². The van der Waals surface area contributed by atoms with E-state index < -0.39 is 12.0 Å². The molecule has 9 heteroatoms. The van der Waals surface area contributed by atoms with Crippen molar-refractivity contribution in [2.45, 2.75) is 11.1 Å². The molecule has 0 aliphatic heterocycles. The second kappa shape index (κ2) is 7.20. The van der Waals surface area contributed by atoms with Crippen LogP contribution >= 0.6 is 23.4 Å². The maximum atomic E-state index is 13.1. The number of hydrogen-bond donors (Lipinski definition) is 0. The molecule has 0 fully saturated rings. The molecule has 0 radical (unpaired) electrons. The smallest absolute Gasteiger partial charge is 0.453 e. The van der Waals surface area contributed by atoms with Crippen LogP contribution in [0.4, 0.5) is 13.2 Å². The molecule has 3 rings (SSSR count). The van der Waals surface area contributed by atoms with Crippen LogP contribution in [0.2, 0.25) is 5.02 Å². The van der Waals surface area contributed by atoms with Gasteiger partial charge in [0, 0.05) is 10.5 Å². The number of aromatic nitrogens is 3. The molecule has 0 N–H and O–H groups in total. The van der Waals surface area contributed by atoms with E-state index in [-0.39, 0.29) is 10.8 Å². The van der Waals surface area contributed by atoms with Crippen LogP contribution in [0.15, 0.2) is 47.4 Å². The summed E-state index contributed by atoms with van der Waals surface area (Å²) in [6.45, 7) is 0. The second-order valence-corrected chi connectivity index (χ2v) is 6.50. The van der Waals surface area contributed by atoms with Gasteiger partial charge in [0.25, 0.3) is 5.82 Å². The van der Waals surface area contributed by atoms with Crippen molar-refractivity contribution in [2.24, 2.45) is 0 Å². The summed E-state index contributed by atoms with van der Waals surface area (Å²) in [5.41, 5.74) is 0.862. The Morgan fingerprint density at radius 2 is 1.81 bits per heavy atom. The Morgan fingerprint density at radius 1 is 1.12 bits per heavy atom. The zero-order valence-electron chi connectivity index (χ0n) is 13.7. The minimum atomic E-state index is -4.66. The van der Waals surface area contributed by atoms with Gasteiger partial charge in [-0.25, -0.2) is 9.67 Å². The Balaban J connectivity index is 2.16. The predicted octanol–water partition coefficient (Wildman–Crippen LogP) is 5.34. The van der Waals surface area contributed by atoms with E-state index >= 15 is 0 Å². The summed E-state index contributed by atoms with van der Waals surface area (Å²) in [7, 11) is 1.46. The van der Waals surface area contributed by atoms with Crippen LogP contribution in [0.1, 0.15) is 5.82 Å². The topological polar surface area (TPSA) is 39.9 Å². The van der Waals surface area contributed by atoms with E-state index in [1.54, 1.807) is 36.4 Å². The first-order valence-corrected chi connectivity index (χ1v) is 8.96.